The minimum Gasteiger partial charge on any atom is -0.495 e. The molecule has 7 nitrogen and oxygen atoms in total. The molecule has 4 rings (SSSR count). The van der Waals surface area contributed by atoms with Crippen LogP contribution in [-0.4, -0.2) is 30.3 Å². The highest BCUT2D eigenvalue weighted by molar-refractivity contribution is 6.05. The van der Waals surface area contributed by atoms with Gasteiger partial charge in [-0.25, -0.2) is 4.39 Å². The van der Waals surface area contributed by atoms with Crippen LogP contribution in [0.25, 0.3) is 23.1 Å². The molecular formula is C23H20FN3O4. The molecule has 4 aromatic rings. The summed E-state index contributed by atoms with van der Waals surface area (Å²) in [7, 11) is 2.91. The van der Waals surface area contributed by atoms with Crippen molar-refractivity contribution in [2.45, 2.75) is 6.54 Å². The zero-order chi connectivity index (χ0) is 21.8. The molecule has 0 aliphatic heterocycles. The number of furan rings is 1. The van der Waals surface area contributed by atoms with Crippen molar-refractivity contribution < 1.29 is 23.1 Å². The number of H-pyrrole nitrogens is 1. The fourth-order valence-electron chi connectivity index (χ4n) is 3.26. The zero-order valence-electron chi connectivity index (χ0n) is 16.9. The van der Waals surface area contributed by atoms with Crippen molar-refractivity contribution in [1.82, 2.24) is 15.5 Å². The van der Waals surface area contributed by atoms with Gasteiger partial charge >= 0.3 is 0 Å². The van der Waals surface area contributed by atoms with Crippen molar-refractivity contribution >= 4 is 29.0 Å². The fourth-order valence-corrected chi connectivity index (χ4v) is 3.26. The van der Waals surface area contributed by atoms with Gasteiger partial charge in [-0.05, 0) is 48.0 Å². The number of hydrogen-bond acceptors (Lipinski definition) is 5. The van der Waals surface area contributed by atoms with E-state index >= 15 is 0 Å². The third-order valence-electron chi connectivity index (χ3n) is 4.77. The molecule has 0 saturated heterocycles. The van der Waals surface area contributed by atoms with Crippen molar-refractivity contribution in [1.29, 1.82) is 0 Å². The number of carbonyl (C=O) groups excluding carboxylic acids is 1. The van der Waals surface area contributed by atoms with E-state index in [4.69, 9.17) is 13.9 Å². The average Bonchev–Trinajstić information content (AvgIpc) is 3.45. The number of methoxy groups -OCH3 is 2. The smallest absolute Gasteiger partial charge is 0.255 e. The largest absolute Gasteiger partial charge is 0.495 e. The third-order valence-corrected chi connectivity index (χ3v) is 4.77. The van der Waals surface area contributed by atoms with Gasteiger partial charge in [0.1, 0.15) is 11.5 Å². The van der Waals surface area contributed by atoms with E-state index in [9.17, 15) is 9.18 Å². The SMILES string of the molecule is COc1ccc(/C=C/c2[nH]nc3ccc(C(=O)NCc4ccco4)c(OC)c23)cc1F. The van der Waals surface area contributed by atoms with Gasteiger partial charge < -0.3 is 19.2 Å². The first-order chi connectivity index (χ1) is 15.1. The van der Waals surface area contributed by atoms with Gasteiger partial charge in [-0.3, -0.25) is 9.89 Å². The molecule has 31 heavy (non-hydrogen) atoms. The molecule has 0 unspecified atom stereocenters. The summed E-state index contributed by atoms with van der Waals surface area (Å²) in [5.74, 6) is 0.461. The van der Waals surface area contributed by atoms with Gasteiger partial charge in [0.2, 0.25) is 0 Å². The predicted molar refractivity (Wildman–Crippen MR) is 114 cm³/mol. The number of halogens is 1. The predicted octanol–water partition coefficient (Wildman–Crippen LogP) is 4.41. The van der Waals surface area contributed by atoms with E-state index in [1.165, 1.54) is 20.3 Å². The normalized spacial score (nSPS) is 11.2. The monoisotopic (exact) mass is 421 g/mol. The number of hydrogen-bond donors (Lipinski definition) is 2. The topological polar surface area (TPSA) is 89.4 Å². The van der Waals surface area contributed by atoms with Crippen molar-refractivity contribution in [3.05, 3.63) is 77.1 Å². The molecule has 158 valence electrons. The Bertz CT molecular complexity index is 1250. The third kappa shape index (κ3) is 4.13. The van der Waals surface area contributed by atoms with Crippen LogP contribution in [0.2, 0.25) is 0 Å². The van der Waals surface area contributed by atoms with Gasteiger partial charge in [-0.2, -0.15) is 5.10 Å². The van der Waals surface area contributed by atoms with Crippen molar-refractivity contribution in [2.24, 2.45) is 0 Å². The van der Waals surface area contributed by atoms with Gasteiger partial charge in [0, 0.05) is 0 Å². The first-order valence-corrected chi connectivity index (χ1v) is 9.48. The van der Waals surface area contributed by atoms with E-state index in [0.717, 1.165) is 0 Å². The molecular weight excluding hydrogens is 401 g/mol. The molecule has 1 amide bonds. The lowest BCUT2D eigenvalue weighted by Gasteiger charge is -2.10. The number of amides is 1. The Kier molecular flexibility index (Phi) is 5.70. The summed E-state index contributed by atoms with van der Waals surface area (Å²) < 4.78 is 29.7. The molecule has 8 heteroatoms. The maximum Gasteiger partial charge on any atom is 0.255 e. The van der Waals surface area contributed by atoms with E-state index in [-0.39, 0.29) is 18.2 Å². The van der Waals surface area contributed by atoms with Crippen LogP contribution in [0.15, 0.2) is 53.1 Å². The van der Waals surface area contributed by atoms with Gasteiger partial charge in [0.05, 0.1) is 49.2 Å². The summed E-state index contributed by atoms with van der Waals surface area (Å²) in [5.41, 5.74) is 2.28. The van der Waals surface area contributed by atoms with Crippen LogP contribution in [-0.2, 0) is 6.54 Å². The highest BCUT2D eigenvalue weighted by Gasteiger charge is 2.19. The highest BCUT2D eigenvalue weighted by atomic mass is 19.1. The lowest BCUT2D eigenvalue weighted by Crippen LogP contribution is -2.23. The van der Waals surface area contributed by atoms with Crippen LogP contribution in [0, 0.1) is 5.82 Å². The number of rotatable bonds is 7. The van der Waals surface area contributed by atoms with E-state index in [0.29, 0.717) is 39.2 Å². The second-order valence-electron chi connectivity index (χ2n) is 6.67. The molecule has 2 aromatic carbocycles. The van der Waals surface area contributed by atoms with E-state index in [1.54, 1.807) is 54.8 Å². The molecule has 2 N–H and O–H groups in total. The number of carbonyl (C=O) groups is 1. The van der Waals surface area contributed by atoms with Crippen LogP contribution < -0.4 is 14.8 Å². The molecule has 0 atom stereocenters. The summed E-state index contributed by atoms with van der Waals surface area (Å²) in [4.78, 5) is 12.7. The molecule has 0 spiro atoms. The lowest BCUT2D eigenvalue weighted by atomic mass is 10.1. The zero-order valence-corrected chi connectivity index (χ0v) is 16.9. The Morgan fingerprint density at radius 2 is 2.06 bits per heavy atom. The van der Waals surface area contributed by atoms with E-state index < -0.39 is 5.82 Å². The first kappa shape index (κ1) is 20.2. The lowest BCUT2D eigenvalue weighted by molar-refractivity contribution is 0.0945. The van der Waals surface area contributed by atoms with E-state index in [2.05, 4.69) is 15.5 Å². The van der Waals surface area contributed by atoms with Gasteiger partial charge in [-0.15, -0.1) is 0 Å². The number of nitrogens with zero attached hydrogens (tertiary/aromatic N) is 1. The summed E-state index contributed by atoms with van der Waals surface area (Å²) in [6.07, 6.45) is 5.04. The van der Waals surface area contributed by atoms with Gasteiger partial charge in [0.15, 0.2) is 11.6 Å². The summed E-state index contributed by atoms with van der Waals surface area (Å²) in [6.45, 7) is 0.258. The molecule has 0 aliphatic rings. The molecule has 0 bridgehead atoms. The highest BCUT2D eigenvalue weighted by Crippen LogP contribution is 2.32. The van der Waals surface area contributed by atoms with Gasteiger partial charge in [0.25, 0.3) is 5.91 Å². The maximum absolute atomic E-state index is 14.0. The molecule has 2 heterocycles. The standard InChI is InChI=1S/C23H20FN3O4/c1-29-20-10-6-14(12-17(20)24)5-8-18-21-19(27-26-18)9-7-16(22(21)30-2)23(28)25-13-15-4-3-11-31-15/h3-12H,13H2,1-2H3,(H,25,28)(H,26,27)/b8-5+. The number of nitrogens with one attached hydrogen (secondary N) is 2. The molecule has 0 saturated carbocycles. The van der Waals surface area contributed by atoms with Gasteiger partial charge in [-0.1, -0.05) is 12.1 Å². The quantitative estimate of drug-likeness (QED) is 0.461. The minimum absolute atomic E-state index is 0.177. The fraction of sp³-hybridized carbons (Fsp3) is 0.130. The van der Waals surface area contributed by atoms with Crippen LogP contribution in [0.5, 0.6) is 11.5 Å². The minimum atomic E-state index is -0.452. The molecule has 0 radical (unpaired) electrons. The Morgan fingerprint density at radius 3 is 2.77 bits per heavy atom. The Hall–Kier alpha value is -4.07. The summed E-state index contributed by atoms with van der Waals surface area (Å²) in [6, 6.07) is 11.6. The number of benzene rings is 2. The number of fused-ring (bicyclic) bond motifs is 1. The Balaban J connectivity index is 1.65. The maximum atomic E-state index is 14.0. The molecule has 0 aliphatic carbocycles. The van der Waals surface area contributed by atoms with Crippen molar-refractivity contribution in [3.63, 3.8) is 0 Å². The second-order valence-corrected chi connectivity index (χ2v) is 6.67. The molecule has 0 fully saturated rings. The van der Waals surface area contributed by atoms with Crippen LogP contribution in [0.4, 0.5) is 4.39 Å². The second kappa shape index (κ2) is 8.74. The number of ether oxygens (including phenoxy) is 2. The van der Waals surface area contributed by atoms with Crippen molar-refractivity contribution in [3.8, 4) is 11.5 Å². The number of aromatic nitrogens is 2. The van der Waals surface area contributed by atoms with Crippen LogP contribution in [0.3, 0.4) is 0 Å². The Morgan fingerprint density at radius 1 is 1.19 bits per heavy atom. The summed E-state index contributed by atoms with van der Waals surface area (Å²) in [5, 5.41) is 10.7. The average molecular weight is 421 g/mol. The molecule has 2 aromatic heterocycles. The van der Waals surface area contributed by atoms with E-state index in [1.807, 2.05) is 0 Å². The number of aromatic amines is 1. The van der Waals surface area contributed by atoms with Crippen molar-refractivity contribution in [2.75, 3.05) is 14.2 Å². The van der Waals surface area contributed by atoms with Crippen LogP contribution in [0.1, 0.15) is 27.4 Å². The summed E-state index contributed by atoms with van der Waals surface area (Å²) >= 11 is 0. The van der Waals surface area contributed by atoms with Crippen LogP contribution >= 0.6 is 0 Å². The first-order valence-electron chi connectivity index (χ1n) is 9.48. The Labute approximate surface area is 177 Å².